The second-order valence-corrected chi connectivity index (χ2v) is 3.73. The molecule has 0 bridgehead atoms. The molecule has 0 aromatic heterocycles. The molecule has 0 unspecified atom stereocenters. The van der Waals surface area contributed by atoms with Gasteiger partial charge in [-0.2, -0.15) is 5.26 Å². The molecule has 1 aliphatic rings. The molecule has 0 aliphatic carbocycles. The zero-order valence-corrected chi connectivity index (χ0v) is 7.99. The van der Waals surface area contributed by atoms with E-state index in [1.165, 1.54) is 4.90 Å². The van der Waals surface area contributed by atoms with Gasteiger partial charge in [0.25, 0.3) is 0 Å². The molecular formula is C9H12N3O2. The molecule has 14 heavy (non-hydrogen) atoms. The van der Waals surface area contributed by atoms with Gasteiger partial charge in [-0.25, -0.2) is 0 Å². The third kappa shape index (κ3) is 2.22. The molecule has 5 heteroatoms. The van der Waals surface area contributed by atoms with Crippen LogP contribution in [0.5, 0.6) is 0 Å². The highest BCUT2D eigenvalue weighted by molar-refractivity contribution is 6.07. The standard InChI is InChI=1S/C9H12N3O2/c1-9(5-10)2-3-12(6-9)8(14)4-7(11)13/h4H,2-3,6H2,1H3,(H2,11,13)/t9-/m0/s1. The van der Waals surface area contributed by atoms with Gasteiger partial charge in [-0.3, -0.25) is 9.59 Å². The van der Waals surface area contributed by atoms with Crippen molar-refractivity contribution in [2.75, 3.05) is 13.1 Å². The van der Waals surface area contributed by atoms with Gasteiger partial charge in [-0.1, -0.05) is 0 Å². The summed E-state index contributed by atoms with van der Waals surface area (Å²) in [6, 6.07) is 2.15. The van der Waals surface area contributed by atoms with Gasteiger partial charge in [0.2, 0.25) is 11.8 Å². The number of carbonyl (C=O) groups is 2. The van der Waals surface area contributed by atoms with Crippen molar-refractivity contribution in [1.29, 1.82) is 5.26 Å². The average molecular weight is 194 g/mol. The Morgan fingerprint density at radius 1 is 1.64 bits per heavy atom. The summed E-state index contributed by atoms with van der Waals surface area (Å²) in [4.78, 5) is 23.2. The fourth-order valence-corrected chi connectivity index (χ4v) is 1.45. The van der Waals surface area contributed by atoms with E-state index < -0.39 is 17.2 Å². The number of nitrogens with two attached hydrogens (primary N) is 1. The molecule has 2 amide bonds. The molecule has 1 rings (SSSR count). The Balaban J connectivity index is 2.55. The van der Waals surface area contributed by atoms with Gasteiger partial charge >= 0.3 is 0 Å². The summed E-state index contributed by atoms with van der Waals surface area (Å²) in [6.45, 7) is 2.67. The summed E-state index contributed by atoms with van der Waals surface area (Å²) in [5.74, 6) is -1.16. The van der Waals surface area contributed by atoms with Crippen molar-refractivity contribution in [3.8, 4) is 6.07 Å². The van der Waals surface area contributed by atoms with Crippen LogP contribution in [0.15, 0.2) is 0 Å². The van der Waals surface area contributed by atoms with Crippen molar-refractivity contribution in [2.24, 2.45) is 11.1 Å². The first-order chi connectivity index (χ1) is 6.47. The maximum absolute atomic E-state index is 11.3. The normalized spacial score (nSPS) is 25.9. The van der Waals surface area contributed by atoms with Crippen LogP contribution in [-0.2, 0) is 9.59 Å². The van der Waals surface area contributed by atoms with E-state index >= 15 is 0 Å². The van der Waals surface area contributed by atoms with Crippen LogP contribution in [0.2, 0.25) is 0 Å². The van der Waals surface area contributed by atoms with E-state index in [1.807, 2.05) is 0 Å². The van der Waals surface area contributed by atoms with Crippen molar-refractivity contribution in [1.82, 2.24) is 4.90 Å². The van der Waals surface area contributed by atoms with Crippen LogP contribution in [0, 0.1) is 23.2 Å². The van der Waals surface area contributed by atoms with Crippen LogP contribution in [-0.4, -0.2) is 29.8 Å². The van der Waals surface area contributed by atoms with Gasteiger partial charge in [0.05, 0.1) is 11.5 Å². The topological polar surface area (TPSA) is 87.2 Å². The quantitative estimate of drug-likeness (QED) is 0.597. The van der Waals surface area contributed by atoms with Gasteiger partial charge in [0, 0.05) is 13.1 Å². The molecule has 2 N–H and O–H groups in total. The van der Waals surface area contributed by atoms with Crippen LogP contribution < -0.4 is 5.73 Å². The summed E-state index contributed by atoms with van der Waals surface area (Å²) < 4.78 is 0. The van der Waals surface area contributed by atoms with Gasteiger partial charge in [0.1, 0.15) is 6.42 Å². The molecule has 1 fully saturated rings. The summed E-state index contributed by atoms with van der Waals surface area (Å²) in [5, 5.41) is 8.82. The molecule has 5 nitrogen and oxygen atoms in total. The predicted molar refractivity (Wildman–Crippen MR) is 48.4 cm³/mol. The third-order valence-corrected chi connectivity index (χ3v) is 2.32. The Bertz CT molecular complexity index is 308. The number of amides is 2. The largest absolute Gasteiger partial charge is 0.369 e. The SMILES string of the molecule is C[C@@]1(C#N)CCN(C(=O)[CH]C(N)=O)C1. The lowest BCUT2D eigenvalue weighted by molar-refractivity contribution is -0.129. The predicted octanol–water partition coefficient (Wildman–Crippen LogP) is -0.562. The first-order valence-electron chi connectivity index (χ1n) is 4.31. The number of hydrogen-bond donors (Lipinski definition) is 1. The van der Waals surface area contributed by atoms with Crippen molar-refractivity contribution in [3.63, 3.8) is 0 Å². The number of nitrogens with zero attached hydrogens (tertiary/aromatic N) is 2. The van der Waals surface area contributed by atoms with E-state index in [1.54, 1.807) is 6.92 Å². The Hall–Kier alpha value is -1.57. The highest BCUT2D eigenvalue weighted by Gasteiger charge is 2.36. The summed E-state index contributed by atoms with van der Waals surface area (Å²) >= 11 is 0. The Morgan fingerprint density at radius 3 is 2.71 bits per heavy atom. The number of likely N-dealkylation sites (tertiary alicyclic amines) is 1. The second-order valence-electron chi connectivity index (χ2n) is 3.73. The molecular weight excluding hydrogens is 182 g/mol. The molecule has 1 heterocycles. The van der Waals surface area contributed by atoms with E-state index in [-0.39, 0.29) is 0 Å². The molecule has 0 saturated carbocycles. The molecule has 0 aromatic carbocycles. The van der Waals surface area contributed by atoms with Crippen LogP contribution in [0.1, 0.15) is 13.3 Å². The average Bonchev–Trinajstić information content (AvgIpc) is 2.48. The maximum atomic E-state index is 11.3. The maximum Gasteiger partial charge on any atom is 0.236 e. The van der Waals surface area contributed by atoms with E-state index in [9.17, 15) is 9.59 Å². The summed E-state index contributed by atoms with van der Waals surface area (Å²) in [6.07, 6.45) is 1.49. The molecule has 0 aromatic rings. The lowest BCUT2D eigenvalue weighted by Gasteiger charge is -2.16. The molecule has 75 valence electrons. The molecule has 1 aliphatic heterocycles. The third-order valence-electron chi connectivity index (χ3n) is 2.32. The van der Waals surface area contributed by atoms with Crippen LogP contribution in [0.4, 0.5) is 0 Å². The van der Waals surface area contributed by atoms with Crippen molar-refractivity contribution >= 4 is 11.8 Å². The van der Waals surface area contributed by atoms with E-state index in [4.69, 9.17) is 11.0 Å². The Morgan fingerprint density at radius 2 is 2.29 bits per heavy atom. The van der Waals surface area contributed by atoms with Gasteiger partial charge in [-0.05, 0) is 13.3 Å². The first kappa shape index (κ1) is 10.5. The summed E-state index contributed by atoms with van der Waals surface area (Å²) in [5.41, 5.74) is 4.37. The van der Waals surface area contributed by atoms with Crippen LogP contribution in [0.3, 0.4) is 0 Å². The fourth-order valence-electron chi connectivity index (χ4n) is 1.45. The number of carbonyl (C=O) groups excluding carboxylic acids is 2. The summed E-state index contributed by atoms with van der Waals surface area (Å²) in [7, 11) is 0. The minimum Gasteiger partial charge on any atom is -0.369 e. The minimum atomic E-state index is -0.749. The number of nitriles is 1. The lowest BCUT2D eigenvalue weighted by atomic mass is 9.92. The number of primary amides is 1. The highest BCUT2D eigenvalue weighted by atomic mass is 16.2. The zero-order chi connectivity index (χ0) is 10.8. The molecule has 1 saturated heterocycles. The van der Waals surface area contributed by atoms with E-state index in [0.717, 1.165) is 6.42 Å². The lowest BCUT2D eigenvalue weighted by Crippen LogP contribution is -2.34. The fraction of sp³-hybridized carbons (Fsp3) is 0.556. The number of hydrogen-bond acceptors (Lipinski definition) is 3. The van der Waals surface area contributed by atoms with E-state index in [2.05, 4.69) is 6.07 Å². The molecule has 1 radical (unpaired) electrons. The van der Waals surface area contributed by atoms with Crippen LogP contribution >= 0.6 is 0 Å². The first-order valence-corrected chi connectivity index (χ1v) is 4.31. The van der Waals surface area contributed by atoms with Gasteiger partial charge in [0.15, 0.2) is 0 Å². The smallest absolute Gasteiger partial charge is 0.236 e. The van der Waals surface area contributed by atoms with E-state index in [0.29, 0.717) is 19.5 Å². The molecule has 1 atom stereocenters. The Labute approximate surface area is 82.5 Å². The Kier molecular flexibility index (Phi) is 2.75. The molecule has 0 spiro atoms. The second kappa shape index (κ2) is 3.66. The van der Waals surface area contributed by atoms with Crippen LogP contribution in [0.25, 0.3) is 0 Å². The number of rotatable bonds is 2. The van der Waals surface area contributed by atoms with Crippen molar-refractivity contribution in [3.05, 3.63) is 6.42 Å². The van der Waals surface area contributed by atoms with Crippen molar-refractivity contribution < 1.29 is 9.59 Å². The zero-order valence-electron chi connectivity index (χ0n) is 7.99. The van der Waals surface area contributed by atoms with Crippen molar-refractivity contribution in [2.45, 2.75) is 13.3 Å². The minimum absolute atomic E-state index is 0.367. The van der Waals surface area contributed by atoms with Gasteiger partial charge < -0.3 is 10.6 Å². The highest BCUT2D eigenvalue weighted by Crippen LogP contribution is 2.28. The van der Waals surface area contributed by atoms with Gasteiger partial charge in [-0.15, -0.1) is 0 Å². The monoisotopic (exact) mass is 194 g/mol.